The predicted octanol–water partition coefficient (Wildman–Crippen LogP) is 2.02. The smallest absolute Gasteiger partial charge is 0.253 e. The molecule has 1 aliphatic heterocycles. The number of carbonyl (C=O) groups excluding carboxylic acids is 1. The number of carbonyl (C=O) groups is 1. The van der Waals surface area contributed by atoms with Crippen LogP contribution in [0.1, 0.15) is 29.6 Å². The van der Waals surface area contributed by atoms with E-state index in [-0.39, 0.29) is 22.8 Å². The number of phenolic OH excluding ortho intramolecular Hbond substituents is 1. The van der Waals surface area contributed by atoms with Crippen molar-refractivity contribution in [1.82, 2.24) is 4.90 Å². The van der Waals surface area contributed by atoms with Gasteiger partial charge in [-0.3, -0.25) is 4.79 Å². The lowest BCUT2D eigenvalue weighted by molar-refractivity contribution is 0.00845. The molecule has 0 radical (unpaired) electrons. The second-order valence-electron chi connectivity index (χ2n) is 5.17. The van der Waals surface area contributed by atoms with Gasteiger partial charge in [-0.2, -0.15) is 0 Å². The van der Waals surface area contributed by atoms with Crippen molar-refractivity contribution in [3.63, 3.8) is 0 Å². The molecule has 1 aromatic carbocycles. The molecule has 1 saturated heterocycles. The summed E-state index contributed by atoms with van der Waals surface area (Å²) in [5, 5.41) is 9.59. The summed E-state index contributed by atoms with van der Waals surface area (Å²) in [5.74, 6) is -0.0717. The van der Waals surface area contributed by atoms with Crippen LogP contribution in [-0.2, 0) is 4.74 Å². The van der Waals surface area contributed by atoms with Crippen LogP contribution in [0.3, 0.4) is 0 Å². The van der Waals surface area contributed by atoms with Crippen molar-refractivity contribution < 1.29 is 14.6 Å². The number of piperidine rings is 1. The summed E-state index contributed by atoms with van der Waals surface area (Å²) in [5.41, 5.74) is 5.93. The molecule has 0 aromatic heterocycles. The van der Waals surface area contributed by atoms with Crippen LogP contribution in [0.2, 0.25) is 5.02 Å². The van der Waals surface area contributed by atoms with Gasteiger partial charge in [-0.1, -0.05) is 11.6 Å². The molecule has 5 nitrogen and oxygen atoms in total. The van der Waals surface area contributed by atoms with E-state index in [1.54, 1.807) is 11.0 Å². The van der Waals surface area contributed by atoms with Crippen molar-refractivity contribution in [2.75, 3.05) is 26.2 Å². The topological polar surface area (TPSA) is 75.8 Å². The van der Waals surface area contributed by atoms with Gasteiger partial charge in [0.15, 0.2) is 0 Å². The lowest BCUT2D eigenvalue weighted by Gasteiger charge is -2.32. The molecular weight excluding hydrogens is 292 g/mol. The number of likely N-dealkylation sites (tertiary alicyclic amines) is 1. The molecule has 1 amide bonds. The van der Waals surface area contributed by atoms with Crippen LogP contribution >= 0.6 is 11.6 Å². The molecule has 6 heteroatoms. The third kappa shape index (κ3) is 4.33. The molecule has 3 N–H and O–H groups in total. The Morgan fingerprint density at radius 2 is 2.14 bits per heavy atom. The van der Waals surface area contributed by atoms with Crippen LogP contribution in [0.4, 0.5) is 0 Å². The van der Waals surface area contributed by atoms with E-state index in [1.165, 1.54) is 12.1 Å². The maximum Gasteiger partial charge on any atom is 0.253 e. The van der Waals surface area contributed by atoms with Gasteiger partial charge in [0.25, 0.3) is 5.91 Å². The summed E-state index contributed by atoms with van der Waals surface area (Å²) in [7, 11) is 0. The average molecular weight is 313 g/mol. The molecule has 0 bridgehead atoms. The first kappa shape index (κ1) is 16.1. The minimum atomic E-state index is -0.0580. The monoisotopic (exact) mass is 312 g/mol. The lowest BCUT2D eigenvalue weighted by Crippen LogP contribution is -2.41. The highest BCUT2D eigenvalue weighted by atomic mass is 35.5. The molecule has 116 valence electrons. The Morgan fingerprint density at radius 3 is 2.76 bits per heavy atom. The standard InChI is InChI=1S/C15H21ClN2O3/c16-13-10-11(2-3-14(13)19)15(20)18-7-4-12(5-8-18)21-9-1-6-17/h2-3,10,12,19H,1,4-9,17H2. The number of nitrogens with two attached hydrogens (primary N) is 1. The van der Waals surface area contributed by atoms with Crippen molar-refractivity contribution >= 4 is 17.5 Å². The number of hydrogen-bond acceptors (Lipinski definition) is 4. The first-order valence-corrected chi connectivity index (χ1v) is 7.59. The summed E-state index contributed by atoms with van der Waals surface area (Å²) in [4.78, 5) is 14.2. The van der Waals surface area contributed by atoms with Crippen LogP contribution in [0.5, 0.6) is 5.75 Å². The van der Waals surface area contributed by atoms with Crippen molar-refractivity contribution in [3.05, 3.63) is 28.8 Å². The fourth-order valence-electron chi connectivity index (χ4n) is 2.38. The number of amides is 1. The summed E-state index contributed by atoms with van der Waals surface area (Å²) in [6.07, 6.45) is 2.75. The Morgan fingerprint density at radius 1 is 1.43 bits per heavy atom. The number of phenols is 1. The zero-order chi connectivity index (χ0) is 15.2. The molecular formula is C15H21ClN2O3. The minimum Gasteiger partial charge on any atom is -0.506 e. The van der Waals surface area contributed by atoms with Gasteiger partial charge in [-0.15, -0.1) is 0 Å². The summed E-state index contributed by atoms with van der Waals surface area (Å²) >= 11 is 5.84. The van der Waals surface area contributed by atoms with E-state index in [4.69, 9.17) is 22.1 Å². The number of nitrogens with zero attached hydrogens (tertiary/aromatic N) is 1. The van der Waals surface area contributed by atoms with Crippen LogP contribution in [0, 0.1) is 0 Å². The van der Waals surface area contributed by atoms with Crippen LogP contribution < -0.4 is 5.73 Å². The fourth-order valence-corrected chi connectivity index (χ4v) is 2.56. The Labute approximate surface area is 129 Å². The maximum absolute atomic E-state index is 12.4. The van der Waals surface area contributed by atoms with Gasteiger partial charge in [-0.25, -0.2) is 0 Å². The molecule has 0 aliphatic carbocycles. The van der Waals surface area contributed by atoms with Gasteiger partial charge in [0.2, 0.25) is 0 Å². The molecule has 21 heavy (non-hydrogen) atoms. The first-order valence-electron chi connectivity index (χ1n) is 7.21. The van der Waals surface area contributed by atoms with Crippen LogP contribution in [0.15, 0.2) is 18.2 Å². The van der Waals surface area contributed by atoms with Gasteiger partial charge >= 0.3 is 0 Å². The van der Waals surface area contributed by atoms with Crippen molar-refractivity contribution in [3.8, 4) is 5.75 Å². The highest BCUT2D eigenvalue weighted by Gasteiger charge is 2.24. The molecule has 0 unspecified atom stereocenters. The van der Waals surface area contributed by atoms with E-state index in [0.717, 1.165) is 19.3 Å². The van der Waals surface area contributed by atoms with Gasteiger partial charge in [0.1, 0.15) is 5.75 Å². The van der Waals surface area contributed by atoms with Gasteiger partial charge in [0.05, 0.1) is 11.1 Å². The van der Waals surface area contributed by atoms with Gasteiger partial charge in [-0.05, 0) is 44.0 Å². The van der Waals surface area contributed by atoms with Crippen molar-refractivity contribution in [2.24, 2.45) is 5.73 Å². The highest BCUT2D eigenvalue weighted by Crippen LogP contribution is 2.25. The third-order valence-electron chi connectivity index (χ3n) is 3.63. The third-order valence-corrected chi connectivity index (χ3v) is 3.93. The van der Waals surface area contributed by atoms with E-state index in [1.807, 2.05) is 0 Å². The Kier molecular flexibility index (Phi) is 5.85. The predicted molar refractivity (Wildman–Crippen MR) is 81.7 cm³/mol. The maximum atomic E-state index is 12.4. The number of hydrogen-bond donors (Lipinski definition) is 2. The number of aromatic hydroxyl groups is 1. The molecule has 1 aliphatic rings. The lowest BCUT2D eigenvalue weighted by atomic mass is 10.1. The molecule has 1 heterocycles. The zero-order valence-electron chi connectivity index (χ0n) is 11.9. The van der Waals surface area contributed by atoms with E-state index in [2.05, 4.69) is 0 Å². The number of rotatable bonds is 5. The van der Waals surface area contributed by atoms with E-state index in [0.29, 0.717) is 31.8 Å². The van der Waals surface area contributed by atoms with Gasteiger partial charge in [0, 0.05) is 25.3 Å². The number of halogens is 1. The molecule has 2 rings (SSSR count). The fraction of sp³-hybridized carbons (Fsp3) is 0.533. The van der Waals surface area contributed by atoms with E-state index < -0.39 is 0 Å². The van der Waals surface area contributed by atoms with E-state index in [9.17, 15) is 9.90 Å². The highest BCUT2D eigenvalue weighted by molar-refractivity contribution is 6.32. The second-order valence-corrected chi connectivity index (χ2v) is 5.58. The Balaban J connectivity index is 1.86. The van der Waals surface area contributed by atoms with Crippen molar-refractivity contribution in [2.45, 2.75) is 25.4 Å². The van der Waals surface area contributed by atoms with Crippen LogP contribution in [0.25, 0.3) is 0 Å². The Bertz CT molecular complexity index is 488. The van der Waals surface area contributed by atoms with Crippen LogP contribution in [-0.4, -0.2) is 48.3 Å². The second kappa shape index (κ2) is 7.64. The zero-order valence-corrected chi connectivity index (χ0v) is 12.7. The normalized spacial score (nSPS) is 16.2. The summed E-state index contributed by atoms with van der Waals surface area (Å²) in [6, 6.07) is 4.54. The molecule has 1 fully saturated rings. The summed E-state index contributed by atoms with van der Waals surface area (Å²) in [6.45, 7) is 2.66. The quantitative estimate of drug-likeness (QED) is 0.816. The summed E-state index contributed by atoms with van der Waals surface area (Å²) < 4.78 is 5.72. The Hall–Kier alpha value is -1.30. The molecule has 1 aromatic rings. The van der Waals surface area contributed by atoms with Crippen molar-refractivity contribution in [1.29, 1.82) is 0 Å². The number of ether oxygens (including phenoxy) is 1. The minimum absolute atomic E-state index is 0.0137. The largest absolute Gasteiger partial charge is 0.506 e. The molecule has 0 atom stereocenters. The van der Waals surface area contributed by atoms with Gasteiger partial charge < -0.3 is 20.5 Å². The molecule has 0 saturated carbocycles. The first-order chi connectivity index (χ1) is 10.1. The van der Waals surface area contributed by atoms with E-state index >= 15 is 0 Å². The number of benzene rings is 1. The molecule has 0 spiro atoms. The SMILES string of the molecule is NCCCOC1CCN(C(=O)c2ccc(O)c(Cl)c2)CC1. The average Bonchev–Trinajstić information content (AvgIpc) is 2.50.